The van der Waals surface area contributed by atoms with Crippen LogP contribution in [-0.2, 0) is 23.6 Å². The number of hydrogen-bond donors (Lipinski definition) is 2. The molecule has 2 aromatic rings. The number of carbonyl (C=O) groups excluding carboxylic acids is 1. The number of ether oxygens (including phenoxy) is 1. The monoisotopic (exact) mass is 460 g/mol. The first kappa shape index (κ1) is 22.3. The molecule has 5 heterocycles. The van der Waals surface area contributed by atoms with Crippen molar-refractivity contribution in [2.24, 2.45) is 14.1 Å². The van der Waals surface area contributed by atoms with Gasteiger partial charge in [-0.25, -0.2) is 9.78 Å². The lowest BCUT2D eigenvalue weighted by atomic mass is 9.77. The molecule has 2 aromatic heterocycles. The van der Waals surface area contributed by atoms with E-state index in [4.69, 9.17) is 4.74 Å². The summed E-state index contributed by atoms with van der Waals surface area (Å²) < 4.78 is 10.4. The third-order valence-electron chi connectivity index (χ3n) is 7.81. The largest absolute Gasteiger partial charge is 0.386 e. The highest BCUT2D eigenvalue weighted by atomic mass is 16.5. The Bertz CT molecular complexity index is 1200. The standard InChI is InChI=1S/C22H32N6O5/c1-21(32)12-33-22(6-9-27(10-7-22)18(29)14-5-4-8-23-14)11-15(21)28-13-24-17-16(28)19(30)26(3)20(31)25(17)2/h13-15,23,32H,4-12H2,1-3H3/t14-,15+,21+/m1/s1. The van der Waals surface area contributed by atoms with E-state index < -0.39 is 28.5 Å². The van der Waals surface area contributed by atoms with E-state index in [1.807, 2.05) is 4.90 Å². The van der Waals surface area contributed by atoms with Gasteiger partial charge in [0.25, 0.3) is 5.56 Å². The lowest BCUT2D eigenvalue weighted by Gasteiger charge is -2.51. The maximum atomic E-state index is 13.0. The molecule has 11 heteroatoms. The number of fused-ring (bicyclic) bond motifs is 1. The van der Waals surface area contributed by atoms with Crippen molar-refractivity contribution in [2.45, 2.75) is 62.3 Å². The molecule has 5 rings (SSSR count). The fraction of sp³-hybridized carbons (Fsp3) is 0.727. The van der Waals surface area contributed by atoms with E-state index in [0.717, 1.165) is 24.0 Å². The number of aryl methyl sites for hydroxylation is 1. The molecule has 0 radical (unpaired) electrons. The number of likely N-dealkylation sites (tertiary alicyclic amines) is 1. The minimum atomic E-state index is -1.22. The summed E-state index contributed by atoms with van der Waals surface area (Å²) in [6.45, 7) is 3.91. The van der Waals surface area contributed by atoms with Gasteiger partial charge < -0.3 is 24.6 Å². The van der Waals surface area contributed by atoms with Gasteiger partial charge in [-0.2, -0.15) is 0 Å². The van der Waals surface area contributed by atoms with Crippen LogP contribution in [0.5, 0.6) is 0 Å². The van der Waals surface area contributed by atoms with Crippen LogP contribution in [0.1, 0.15) is 45.1 Å². The Kier molecular flexibility index (Phi) is 5.26. The first-order valence-electron chi connectivity index (χ1n) is 11.6. The van der Waals surface area contributed by atoms with Gasteiger partial charge in [-0.15, -0.1) is 0 Å². The molecule has 3 saturated heterocycles. The second-order valence-corrected chi connectivity index (χ2v) is 10.1. The molecule has 0 unspecified atom stereocenters. The third-order valence-corrected chi connectivity index (χ3v) is 7.81. The second-order valence-electron chi connectivity index (χ2n) is 10.1. The maximum Gasteiger partial charge on any atom is 0.332 e. The number of hydrogen-bond acceptors (Lipinski definition) is 7. The molecule has 11 nitrogen and oxygen atoms in total. The van der Waals surface area contributed by atoms with Gasteiger partial charge in [-0.3, -0.25) is 18.7 Å². The summed E-state index contributed by atoms with van der Waals surface area (Å²) in [5.74, 6) is 0.159. The van der Waals surface area contributed by atoms with Gasteiger partial charge in [-0.05, 0) is 39.2 Å². The lowest BCUT2D eigenvalue weighted by Crippen LogP contribution is -2.58. The van der Waals surface area contributed by atoms with Crippen LogP contribution in [0.15, 0.2) is 15.9 Å². The normalized spacial score (nSPS) is 29.8. The van der Waals surface area contributed by atoms with Crippen molar-refractivity contribution in [1.82, 2.24) is 28.9 Å². The molecule has 0 saturated carbocycles. The summed E-state index contributed by atoms with van der Waals surface area (Å²) in [5, 5.41) is 14.5. The molecule has 180 valence electrons. The van der Waals surface area contributed by atoms with Crippen LogP contribution in [0.25, 0.3) is 11.2 Å². The summed E-state index contributed by atoms with van der Waals surface area (Å²) in [6.07, 6.45) is 5.27. The first-order valence-corrected chi connectivity index (χ1v) is 11.6. The number of nitrogens with one attached hydrogen (secondary N) is 1. The van der Waals surface area contributed by atoms with E-state index in [0.29, 0.717) is 43.5 Å². The van der Waals surface area contributed by atoms with Crippen molar-refractivity contribution < 1.29 is 14.6 Å². The average molecular weight is 461 g/mol. The number of aromatic nitrogens is 4. The van der Waals surface area contributed by atoms with Gasteiger partial charge in [0, 0.05) is 33.6 Å². The van der Waals surface area contributed by atoms with E-state index in [1.165, 1.54) is 17.9 Å². The van der Waals surface area contributed by atoms with Gasteiger partial charge in [0.2, 0.25) is 5.91 Å². The molecule has 2 N–H and O–H groups in total. The summed E-state index contributed by atoms with van der Waals surface area (Å²) in [6, 6.07) is -0.541. The number of aliphatic hydroxyl groups is 1. The molecular formula is C22H32N6O5. The molecule has 1 spiro atoms. The molecule has 3 atom stereocenters. The molecule has 0 bridgehead atoms. The van der Waals surface area contributed by atoms with Gasteiger partial charge in [0.15, 0.2) is 11.2 Å². The Morgan fingerprint density at radius 1 is 1.24 bits per heavy atom. The summed E-state index contributed by atoms with van der Waals surface area (Å²) >= 11 is 0. The minimum Gasteiger partial charge on any atom is -0.386 e. The van der Waals surface area contributed by atoms with Crippen LogP contribution in [0, 0.1) is 0 Å². The van der Waals surface area contributed by atoms with Gasteiger partial charge >= 0.3 is 5.69 Å². The Morgan fingerprint density at radius 2 is 1.97 bits per heavy atom. The van der Waals surface area contributed by atoms with E-state index in [2.05, 4.69) is 10.3 Å². The Labute approximate surface area is 190 Å². The smallest absolute Gasteiger partial charge is 0.332 e. The molecular weight excluding hydrogens is 428 g/mol. The average Bonchev–Trinajstić information content (AvgIpc) is 3.49. The maximum absolute atomic E-state index is 13.0. The highest BCUT2D eigenvalue weighted by Crippen LogP contribution is 2.44. The molecule has 0 aliphatic carbocycles. The van der Waals surface area contributed by atoms with Crippen molar-refractivity contribution in [3.8, 4) is 0 Å². The quantitative estimate of drug-likeness (QED) is 0.605. The second kappa shape index (κ2) is 7.78. The molecule has 3 aliphatic heterocycles. The molecule has 0 aromatic carbocycles. The summed E-state index contributed by atoms with van der Waals surface area (Å²) in [7, 11) is 3.02. The summed E-state index contributed by atoms with van der Waals surface area (Å²) in [4.78, 5) is 44.3. The molecule has 1 amide bonds. The number of carbonyl (C=O) groups is 1. The zero-order valence-electron chi connectivity index (χ0n) is 19.4. The zero-order valence-corrected chi connectivity index (χ0v) is 19.4. The van der Waals surface area contributed by atoms with Gasteiger partial charge in [-0.1, -0.05) is 0 Å². The SMILES string of the molecule is Cn1c(=O)c2c(ncn2[C@H]2CC3(CCN(C(=O)[C@H]4CCCN4)CC3)OC[C@]2(C)O)n(C)c1=O. The third kappa shape index (κ3) is 3.53. The predicted molar refractivity (Wildman–Crippen MR) is 120 cm³/mol. The molecule has 3 aliphatic rings. The number of nitrogens with zero attached hydrogens (tertiary/aromatic N) is 5. The first-order chi connectivity index (χ1) is 15.6. The van der Waals surface area contributed by atoms with Crippen LogP contribution < -0.4 is 16.6 Å². The van der Waals surface area contributed by atoms with E-state index in [-0.39, 0.29) is 18.6 Å². The van der Waals surface area contributed by atoms with Crippen molar-refractivity contribution in [3.05, 3.63) is 27.2 Å². The van der Waals surface area contributed by atoms with Crippen LogP contribution in [-0.4, -0.2) is 78.1 Å². The fourth-order valence-corrected chi connectivity index (χ4v) is 5.62. The van der Waals surface area contributed by atoms with Crippen LogP contribution in [0.4, 0.5) is 0 Å². The van der Waals surface area contributed by atoms with Crippen molar-refractivity contribution >= 4 is 17.1 Å². The summed E-state index contributed by atoms with van der Waals surface area (Å²) in [5.41, 5.74) is -2.01. The number of rotatable bonds is 2. The number of amides is 1. The lowest BCUT2D eigenvalue weighted by molar-refractivity contribution is -0.201. The predicted octanol–water partition coefficient (Wildman–Crippen LogP) is -0.741. The minimum absolute atomic E-state index is 0.0834. The van der Waals surface area contributed by atoms with E-state index in [1.54, 1.807) is 18.5 Å². The molecule has 33 heavy (non-hydrogen) atoms. The Balaban J connectivity index is 1.43. The Hall–Kier alpha value is -2.50. The zero-order chi connectivity index (χ0) is 23.5. The van der Waals surface area contributed by atoms with Gasteiger partial charge in [0.05, 0.1) is 30.6 Å². The number of piperidine rings is 1. The van der Waals surface area contributed by atoms with E-state index >= 15 is 0 Å². The highest BCUT2D eigenvalue weighted by Gasteiger charge is 2.50. The number of imidazole rings is 1. The van der Waals surface area contributed by atoms with E-state index in [9.17, 15) is 19.5 Å². The Morgan fingerprint density at radius 3 is 2.64 bits per heavy atom. The van der Waals surface area contributed by atoms with Crippen LogP contribution >= 0.6 is 0 Å². The van der Waals surface area contributed by atoms with Crippen molar-refractivity contribution in [2.75, 3.05) is 26.2 Å². The van der Waals surface area contributed by atoms with Crippen molar-refractivity contribution in [3.63, 3.8) is 0 Å². The fourth-order valence-electron chi connectivity index (χ4n) is 5.62. The van der Waals surface area contributed by atoms with Gasteiger partial charge in [0.1, 0.15) is 5.60 Å². The topological polar surface area (TPSA) is 124 Å². The van der Waals surface area contributed by atoms with Crippen molar-refractivity contribution in [1.29, 1.82) is 0 Å². The van der Waals surface area contributed by atoms with Crippen LogP contribution in [0.2, 0.25) is 0 Å². The molecule has 3 fully saturated rings. The van der Waals surface area contributed by atoms with Crippen LogP contribution in [0.3, 0.4) is 0 Å². The highest BCUT2D eigenvalue weighted by molar-refractivity contribution is 5.82.